The Labute approximate surface area is 170 Å². The van der Waals surface area contributed by atoms with Crippen molar-refractivity contribution in [2.75, 3.05) is 49.5 Å². The molecule has 0 spiro atoms. The van der Waals surface area contributed by atoms with Gasteiger partial charge in [-0.2, -0.15) is 15.0 Å². The second kappa shape index (κ2) is 8.97. The summed E-state index contributed by atoms with van der Waals surface area (Å²) < 4.78 is 2.09. The summed E-state index contributed by atoms with van der Waals surface area (Å²) in [6.45, 7) is 7.10. The molecule has 0 saturated carbocycles. The number of nitrogens with one attached hydrogen (secondary N) is 2. The SMILES string of the molecule is Cc1nc(Nc2ccc(C[n+]3cc[nH]c3)cc2)nc(N2CCN(CCO)CC2)n1. The van der Waals surface area contributed by atoms with Crippen molar-refractivity contribution in [2.45, 2.75) is 13.5 Å². The lowest BCUT2D eigenvalue weighted by molar-refractivity contribution is -0.687. The maximum Gasteiger partial charge on any atom is 0.241 e. The second-order valence-electron chi connectivity index (χ2n) is 7.16. The van der Waals surface area contributed by atoms with Gasteiger partial charge in [0.25, 0.3) is 0 Å². The average Bonchev–Trinajstić information content (AvgIpc) is 3.23. The third-order valence-electron chi connectivity index (χ3n) is 4.98. The minimum absolute atomic E-state index is 0.196. The number of aliphatic hydroxyl groups excluding tert-OH is 1. The fourth-order valence-electron chi connectivity index (χ4n) is 3.43. The normalized spacial score (nSPS) is 14.9. The van der Waals surface area contributed by atoms with Gasteiger partial charge >= 0.3 is 0 Å². The van der Waals surface area contributed by atoms with Crippen LogP contribution in [0.15, 0.2) is 43.0 Å². The molecule has 2 aromatic heterocycles. The Morgan fingerprint density at radius 3 is 2.59 bits per heavy atom. The Balaban J connectivity index is 1.41. The molecular formula is C20H27N8O+. The maximum atomic E-state index is 9.10. The van der Waals surface area contributed by atoms with Crippen LogP contribution >= 0.6 is 0 Å². The van der Waals surface area contributed by atoms with Crippen LogP contribution in [0.3, 0.4) is 0 Å². The molecule has 1 aromatic carbocycles. The summed E-state index contributed by atoms with van der Waals surface area (Å²) in [7, 11) is 0. The molecule has 0 atom stereocenters. The van der Waals surface area contributed by atoms with Crippen molar-refractivity contribution >= 4 is 17.6 Å². The van der Waals surface area contributed by atoms with Crippen LogP contribution in [0.4, 0.5) is 17.6 Å². The molecule has 9 nitrogen and oxygen atoms in total. The van der Waals surface area contributed by atoms with Gasteiger partial charge in [0, 0.05) is 38.4 Å². The molecule has 3 aromatic rings. The van der Waals surface area contributed by atoms with Gasteiger partial charge in [0.15, 0.2) is 0 Å². The van der Waals surface area contributed by atoms with Crippen molar-refractivity contribution in [1.82, 2.24) is 24.8 Å². The Morgan fingerprint density at radius 1 is 1.10 bits per heavy atom. The Kier molecular flexibility index (Phi) is 5.97. The first-order valence-electron chi connectivity index (χ1n) is 9.88. The molecule has 0 unspecified atom stereocenters. The predicted octanol–water partition coefficient (Wildman–Crippen LogP) is 0.702. The van der Waals surface area contributed by atoms with Crippen molar-refractivity contribution in [2.24, 2.45) is 0 Å². The number of benzene rings is 1. The second-order valence-corrected chi connectivity index (χ2v) is 7.16. The average molecular weight is 395 g/mol. The minimum atomic E-state index is 0.196. The van der Waals surface area contributed by atoms with Gasteiger partial charge in [-0.1, -0.05) is 12.1 Å². The highest BCUT2D eigenvalue weighted by Crippen LogP contribution is 2.18. The van der Waals surface area contributed by atoms with E-state index in [0.29, 0.717) is 17.7 Å². The molecule has 4 rings (SSSR count). The molecule has 0 bridgehead atoms. The monoisotopic (exact) mass is 395 g/mol. The van der Waals surface area contributed by atoms with E-state index < -0.39 is 0 Å². The molecule has 3 heterocycles. The summed E-state index contributed by atoms with van der Waals surface area (Å²) in [5.41, 5.74) is 2.16. The van der Waals surface area contributed by atoms with Crippen LogP contribution in [-0.2, 0) is 6.54 Å². The molecule has 9 heteroatoms. The van der Waals surface area contributed by atoms with E-state index in [-0.39, 0.29) is 6.61 Å². The molecule has 1 saturated heterocycles. The topological polar surface area (TPSA) is 97.1 Å². The highest BCUT2D eigenvalue weighted by atomic mass is 16.3. The van der Waals surface area contributed by atoms with E-state index in [1.807, 2.05) is 37.8 Å². The molecule has 0 radical (unpaired) electrons. The number of rotatable bonds is 7. The Hall–Kier alpha value is -3.04. The van der Waals surface area contributed by atoms with Crippen LogP contribution in [0.2, 0.25) is 0 Å². The van der Waals surface area contributed by atoms with Gasteiger partial charge in [0.1, 0.15) is 24.8 Å². The quantitative estimate of drug-likeness (QED) is 0.507. The summed E-state index contributed by atoms with van der Waals surface area (Å²) in [4.78, 5) is 21.0. The van der Waals surface area contributed by atoms with E-state index in [1.54, 1.807) is 0 Å². The van der Waals surface area contributed by atoms with E-state index >= 15 is 0 Å². The summed E-state index contributed by atoms with van der Waals surface area (Å²) in [5.74, 6) is 1.94. The van der Waals surface area contributed by atoms with Crippen molar-refractivity contribution in [3.05, 3.63) is 54.4 Å². The van der Waals surface area contributed by atoms with Gasteiger partial charge in [-0.3, -0.25) is 9.88 Å². The Morgan fingerprint density at radius 2 is 1.90 bits per heavy atom. The van der Waals surface area contributed by atoms with E-state index in [1.165, 1.54) is 5.56 Å². The van der Waals surface area contributed by atoms with Crippen molar-refractivity contribution in [1.29, 1.82) is 0 Å². The zero-order valence-electron chi connectivity index (χ0n) is 16.6. The zero-order valence-corrected chi connectivity index (χ0v) is 16.6. The van der Waals surface area contributed by atoms with E-state index in [0.717, 1.165) is 45.0 Å². The van der Waals surface area contributed by atoms with Crippen LogP contribution < -0.4 is 14.8 Å². The van der Waals surface area contributed by atoms with Crippen molar-refractivity contribution < 1.29 is 9.67 Å². The summed E-state index contributed by atoms with van der Waals surface area (Å²) in [5, 5.41) is 12.4. The lowest BCUT2D eigenvalue weighted by Crippen LogP contribution is -2.47. The number of imidazole rings is 1. The number of β-amino-alcohol motifs (C(OH)–C–C–N with tert-alkyl or cyclic N) is 1. The molecule has 1 aliphatic rings. The van der Waals surface area contributed by atoms with Crippen LogP contribution in [0.1, 0.15) is 11.4 Å². The maximum absolute atomic E-state index is 9.10. The van der Waals surface area contributed by atoms with Crippen LogP contribution in [0.25, 0.3) is 0 Å². The molecule has 1 fully saturated rings. The van der Waals surface area contributed by atoms with Crippen LogP contribution in [0.5, 0.6) is 0 Å². The largest absolute Gasteiger partial charge is 0.395 e. The number of hydrogen-bond donors (Lipinski definition) is 3. The highest BCUT2D eigenvalue weighted by Gasteiger charge is 2.19. The molecule has 29 heavy (non-hydrogen) atoms. The third kappa shape index (κ3) is 5.07. The standard InChI is InChI=1S/C20H26N8O/c1-16-22-19(25-20(23-16)28-10-8-26(9-11-28)12-13-29)24-18-4-2-17(3-5-18)14-27-7-6-21-15-27/h2-7,15,29H,8-14H2,1H3,(H,22,23,24,25)/p+1. The van der Waals surface area contributed by atoms with Gasteiger partial charge in [0.2, 0.25) is 18.2 Å². The van der Waals surface area contributed by atoms with Gasteiger partial charge in [-0.05, 0) is 24.6 Å². The Bertz CT molecular complexity index is 905. The third-order valence-corrected chi connectivity index (χ3v) is 4.98. The molecule has 0 amide bonds. The molecular weight excluding hydrogens is 368 g/mol. The number of aromatic amines is 1. The smallest absolute Gasteiger partial charge is 0.241 e. The molecule has 1 aliphatic heterocycles. The number of hydrogen-bond acceptors (Lipinski definition) is 7. The number of aromatic nitrogens is 5. The zero-order chi connectivity index (χ0) is 20.1. The first-order valence-corrected chi connectivity index (χ1v) is 9.88. The summed E-state index contributed by atoms with van der Waals surface area (Å²) >= 11 is 0. The fraction of sp³-hybridized carbons (Fsp3) is 0.400. The highest BCUT2D eigenvalue weighted by molar-refractivity contribution is 5.54. The predicted molar refractivity (Wildman–Crippen MR) is 110 cm³/mol. The number of anilines is 3. The van der Waals surface area contributed by atoms with Crippen molar-refractivity contribution in [3.8, 4) is 0 Å². The number of piperazine rings is 1. The summed E-state index contributed by atoms with van der Waals surface area (Å²) in [6.07, 6.45) is 5.85. The number of aryl methyl sites for hydroxylation is 1. The van der Waals surface area contributed by atoms with E-state index in [9.17, 15) is 0 Å². The van der Waals surface area contributed by atoms with Crippen LogP contribution in [0, 0.1) is 6.92 Å². The van der Waals surface area contributed by atoms with E-state index in [4.69, 9.17) is 5.11 Å². The fourth-order valence-corrected chi connectivity index (χ4v) is 3.43. The lowest BCUT2D eigenvalue weighted by Gasteiger charge is -2.34. The van der Waals surface area contributed by atoms with Gasteiger partial charge in [-0.25, -0.2) is 4.57 Å². The minimum Gasteiger partial charge on any atom is -0.395 e. The van der Waals surface area contributed by atoms with Gasteiger partial charge in [0.05, 0.1) is 6.61 Å². The first-order chi connectivity index (χ1) is 14.2. The molecule has 0 aliphatic carbocycles. The number of aliphatic hydroxyl groups is 1. The molecule has 152 valence electrons. The molecule has 3 N–H and O–H groups in total. The van der Waals surface area contributed by atoms with Crippen LogP contribution in [-0.4, -0.2) is 69.3 Å². The first kappa shape index (κ1) is 19.3. The number of nitrogens with zero attached hydrogens (tertiary/aromatic N) is 6. The van der Waals surface area contributed by atoms with Gasteiger partial charge < -0.3 is 15.3 Å². The van der Waals surface area contributed by atoms with Gasteiger partial charge in [-0.15, -0.1) is 0 Å². The lowest BCUT2D eigenvalue weighted by atomic mass is 10.2. The van der Waals surface area contributed by atoms with E-state index in [2.05, 4.69) is 51.8 Å². The summed E-state index contributed by atoms with van der Waals surface area (Å²) in [6, 6.07) is 8.26. The number of H-pyrrole nitrogens is 1. The van der Waals surface area contributed by atoms with Crippen molar-refractivity contribution in [3.63, 3.8) is 0 Å².